The van der Waals surface area contributed by atoms with Gasteiger partial charge in [-0.25, -0.2) is 4.99 Å². The van der Waals surface area contributed by atoms with Gasteiger partial charge >= 0.3 is 0 Å². The molecule has 0 amide bonds. The number of amidine groups is 1. The van der Waals surface area contributed by atoms with Gasteiger partial charge in [0.15, 0.2) is 5.72 Å². The lowest BCUT2D eigenvalue weighted by atomic mass is 10.0. The lowest BCUT2D eigenvalue weighted by Gasteiger charge is -2.27. The van der Waals surface area contributed by atoms with Crippen molar-refractivity contribution in [2.45, 2.75) is 64.0 Å². The Morgan fingerprint density at radius 3 is 2.10 bits per heavy atom. The van der Waals surface area contributed by atoms with Gasteiger partial charge in [0.05, 0.1) is 0 Å². The van der Waals surface area contributed by atoms with E-state index in [4.69, 9.17) is 9.73 Å². The fourth-order valence-electron chi connectivity index (χ4n) is 3.76. The van der Waals surface area contributed by atoms with Crippen molar-refractivity contribution in [2.75, 3.05) is 13.6 Å². The van der Waals surface area contributed by atoms with Gasteiger partial charge in [-0.3, -0.25) is 0 Å². The number of ether oxygens (including phenoxy) is 1. The van der Waals surface area contributed by atoms with Crippen LogP contribution in [0.1, 0.15) is 63.9 Å². The van der Waals surface area contributed by atoms with Gasteiger partial charge in [0.2, 0.25) is 0 Å². The van der Waals surface area contributed by atoms with E-state index in [0.717, 1.165) is 42.3 Å². The molecule has 0 saturated carbocycles. The van der Waals surface area contributed by atoms with Crippen LogP contribution in [0.5, 0.6) is 11.5 Å². The molecule has 156 valence electrons. The van der Waals surface area contributed by atoms with E-state index in [-0.39, 0.29) is 0 Å². The Bertz CT molecular complexity index is 769. The van der Waals surface area contributed by atoms with Crippen LogP contribution in [0.15, 0.2) is 59.6 Å². The fraction of sp³-hybridized carbons (Fsp3) is 0.480. The van der Waals surface area contributed by atoms with Crippen molar-refractivity contribution < 1.29 is 9.84 Å². The maximum Gasteiger partial charge on any atom is 0.181 e. The highest BCUT2D eigenvalue weighted by atomic mass is 16.5. The standard InChI is InChI=1S/C25H34N2O2/c1-25(28,26-24-15-11-6-4-3-5-7-12-20-27(24)2)21-16-18-23(19-17-21)29-22-13-9-8-10-14-22/h8-10,13-14,16-19,28H,3-7,11-12,15,20H2,1-2H3. The number of para-hydroxylation sites is 1. The number of nitrogens with zero attached hydrogens (tertiary/aromatic N) is 2. The SMILES string of the molecule is CN1CCCCCCCCCC1=NC(C)(O)c1ccc(Oc2ccccc2)cc1. The molecule has 2 aromatic rings. The van der Waals surface area contributed by atoms with Crippen LogP contribution in [0.2, 0.25) is 0 Å². The molecule has 1 unspecified atom stereocenters. The zero-order valence-electron chi connectivity index (χ0n) is 17.8. The predicted octanol–water partition coefficient (Wildman–Crippen LogP) is 6.11. The number of rotatable bonds is 4. The summed E-state index contributed by atoms with van der Waals surface area (Å²) in [5.74, 6) is 2.54. The van der Waals surface area contributed by atoms with Crippen molar-refractivity contribution in [3.63, 3.8) is 0 Å². The van der Waals surface area contributed by atoms with Gasteiger partial charge < -0.3 is 14.7 Å². The minimum Gasteiger partial charge on any atom is -0.457 e. The minimum atomic E-state index is -1.25. The van der Waals surface area contributed by atoms with Crippen molar-refractivity contribution in [3.05, 3.63) is 60.2 Å². The summed E-state index contributed by atoms with van der Waals surface area (Å²) >= 11 is 0. The molecule has 0 aromatic heterocycles. The highest BCUT2D eigenvalue weighted by molar-refractivity contribution is 5.82. The molecule has 1 aliphatic heterocycles. The zero-order chi connectivity index (χ0) is 20.5. The van der Waals surface area contributed by atoms with E-state index in [1.54, 1.807) is 6.92 Å². The highest BCUT2D eigenvalue weighted by Gasteiger charge is 2.24. The first kappa shape index (κ1) is 21.4. The van der Waals surface area contributed by atoms with E-state index in [2.05, 4.69) is 11.9 Å². The first-order valence-electron chi connectivity index (χ1n) is 10.9. The largest absolute Gasteiger partial charge is 0.457 e. The molecule has 0 bridgehead atoms. The summed E-state index contributed by atoms with van der Waals surface area (Å²) < 4.78 is 5.86. The van der Waals surface area contributed by atoms with Gasteiger partial charge in [0.1, 0.15) is 17.3 Å². The Morgan fingerprint density at radius 1 is 0.828 bits per heavy atom. The maximum atomic E-state index is 11.1. The molecule has 0 radical (unpaired) electrons. The molecule has 2 aromatic carbocycles. The Balaban J connectivity index is 1.73. The summed E-state index contributed by atoms with van der Waals surface area (Å²) in [5.41, 5.74) is -0.483. The lowest BCUT2D eigenvalue weighted by molar-refractivity contribution is 0.0658. The van der Waals surface area contributed by atoms with E-state index >= 15 is 0 Å². The normalized spacial score (nSPS) is 20.0. The number of hydrogen-bond acceptors (Lipinski definition) is 3. The second-order valence-electron chi connectivity index (χ2n) is 8.13. The van der Waals surface area contributed by atoms with E-state index in [9.17, 15) is 5.11 Å². The molecular weight excluding hydrogens is 360 g/mol. The highest BCUT2D eigenvalue weighted by Crippen LogP contribution is 2.28. The molecule has 1 atom stereocenters. The number of aliphatic hydroxyl groups is 1. The molecule has 1 aliphatic rings. The first-order chi connectivity index (χ1) is 14.0. The Kier molecular flexibility index (Phi) is 7.70. The van der Waals surface area contributed by atoms with Crippen LogP contribution < -0.4 is 4.74 Å². The van der Waals surface area contributed by atoms with Crippen LogP contribution in [-0.2, 0) is 5.72 Å². The third-order valence-corrected chi connectivity index (χ3v) is 5.56. The van der Waals surface area contributed by atoms with Crippen molar-refractivity contribution in [1.82, 2.24) is 4.90 Å². The van der Waals surface area contributed by atoms with Gasteiger partial charge in [-0.15, -0.1) is 0 Å². The van der Waals surface area contributed by atoms with Crippen LogP contribution >= 0.6 is 0 Å². The summed E-state index contributed by atoms with van der Waals surface area (Å²) in [6.07, 6.45) is 9.71. The molecule has 1 fully saturated rings. The van der Waals surface area contributed by atoms with E-state index in [1.165, 1.54) is 38.5 Å². The minimum absolute atomic E-state index is 0.746. The van der Waals surface area contributed by atoms with Crippen LogP contribution in [-0.4, -0.2) is 29.4 Å². The molecule has 0 spiro atoms. The van der Waals surface area contributed by atoms with E-state index in [0.29, 0.717) is 0 Å². The summed E-state index contributed by atoms with van der Waals surface area (Å²) in [4.78, 5) is 7.02. The van der Waals surface area contributed by atoms with Gasteiger partial charge in [0, 0.05) is 25.6 Å². The third kappa shape index (κ3) is 6.60. The summed E-state index contributed by atoms with van der Waals surface area (Å²) in [5, 5.41) is 11.1. The molecule has 4 nitrogen and oxygen atoms in total. The smallest absolute Gasteiger partial charge is 0.181 e. The average Bonchev–Trinajstić information content (AvgIpc) is 2.76. The summed E-state index contributed by atoms with van der Waals surface area (Å²) in [7, 11) is 2.10. The van der Waals surface area contributed by atoms with Gasteiger partial charge in [-0.05, 0) is 44.0 Å². The van der Waals surface area contributed by atoms with Crippen LogP contribution in [0.4, 0.5) is 0 Å². The molecule has 3 rings (SSSR count). The Labute approximate surface area is 175 Å². The molecule has 29 heavy (non-hydrogen) atoms. The molecule has 1 N–H and O–H groups in total. The molecule has 0 aliphatic carbocycles. The van der Waals surface area contributed by atoms with Gasteiger partial charge in [-0.1, -0.05) is 62.4 Å². The van der Waals surface area contributed by atoms with Crippen molar-refractivity contribution in [3.8, 4) is 11.5 Å². The topological polar surface area (TPSA) is 45.1 Å². The number of benzene rings is 2. The van der Waals surface area contributed by atoms with Crippen LogP contribution in [0.25, 0.3) is 0 Å². The molecule has 1 saturated heterocycles. The van der Waals surface area contributed by atoms with Crippen LogP contribution in [0, 0.1) is 0 Å². The van der Waals surface area contributed by atoms with E-state index < -0.39 is 5.72 Å². The van der Waals surface area contributed by atoms with Crippen LogP contribution in [0.3, 0.4) is 0 Å². The quantitative estimate of drug-likeness (QED) is 0.680. The maximum absolute atomic E-state index is 11.1. The lowest BCUT2D eigenvalue weighted by Crippen LogP contribution is -2.31. The third-order valence-electron chi connectivity index (χ3n) is 5.56. The number of aliphatic imine (C=N–C) groups is 1. The Morgan fingerprint density at radius 2 is 1.41 bits per heavy atom. The molecule has 4 heteroatoms. The first-order valence-corrected chi connectivity index (χ1v) is 10.9. The Hall–Kier alpha value is -2.33. The molecule has 1 heterocycles. The number of hydrogen-bond donors (Lipinski definition) is 1. The van der Waals surface area contributed by atoms with Crippen molar-refractivity contribution >= 4 is 5.84 Å². The fourth-order valence-corrected chi connectivity index (χ4v) is 3.76. The van der Waals surface area contributed by atoms with E-state index in [1.807, 2.05) is 54.6 Å². The molecular formula is C25H34N2O2. The predicted molar refractivity (Wildman–Crippen MR) is 120 cm³/mol. The van der Waals surface area contributed by atoms with Crippen molar-refractivity contribution in [2.24, 2.45) is 4.99 Å². The summed E-state index contributed by atoms with van der Waals surface area (Å²) in [6, 6.07) is 17.3. The van der Waals surface area contributed by atoms with Crippen molar-refractivity contribution in [1.29, 1.82) is 0 Å². The average molecular weight is 395 g/mol. The monoisotopic (exact) mass is 394 g/mol. The zero-order valence-corrected chi connectivity index (χ0v) is 17.8. The summed E-state index contributed by atoms with van der Waals surface area (Å²) in [6.45, 7) is 2.77. The van der Waals surface area contributed by atoms with Gasteiger partial charge in [-0.2, -0.15) is 0 Å². The second-order valence-corrected chi connectivity index (χ2v) is 8.13. The van der Waals surface area contributed by atoms with Gasteiger partial charge in [0.25, 0.3) is 0 Å². The second kappa shape index (κ2) is 10.4.